The summed E-state index contributed by atoms with van der Waals surface area (Å²) in [4.78, 5) is 31.5. The van der Waals surface area contributed by atoms with Crippen molar-refractivity contribution in [2.75, 3.05) is 5.32 Å². The largest absolute Gasteiger partial charge is 0.326 e. The monoisotopic (exact) mass is 361 g/mol. The normalized spacial score (nSPS) is 10.6. The number of H-pyrrole nitrogens is 1. The second kappa shape index (κ2) is 8.45. The van der Waals surface area contributed by atoms with Gasteiger partial charge in [0, 0.05) is 23.4 Å². The Morgan fingerprint density at radius 2 is 1.74 bits per heavy atom. The first-order valence-corrected chi connectivity index (χ1v) is 9.01. The van der Waals surface area contributed by atoms with Gasteiger partial charge >= 0.3 is 0 Å². The average Bonchev–Trinajstić information content (AvgIpc) is 2.63. The van der Waals surface area contributed by atoms with Crippen molar-refractivity contribution in [3.8, 4) is 0 Å². The van der Waals surface area contributed by atoms with E-state index in [1.54, 1.807) is 13.8 Å². The number of carbonyl (C=O) groups is 1. The molecule has 1 heterocycles. The van der Waals surface area contributed by atoms with Crippen LogP contribution in [0.15, 0.2) is 59.4 Å². The number of rotatable bonds is 6. The Hall–Kier alpha value is -3.21. The summed E-state index contributed by atoms with van der Waals surface area (Å²) in [5.41, 5.74) is 4.12. The molecule has 0 saturated carbocycles. The van der Waals surface area contributed by atoms with E-state index in [0.717, 1.165) is 17.7 Å². The summed E-state index contributed by atoms with van der Waals surface area (Å²) in [7, 11) is 0. The Balaban J connectivity index is 1.67. The first kappa shape index (κ1) is 18.6. The third-order valence-corrected chi connectivity index (χ3v) is 4.47. The van der Waals surface area contributed by atoms with Crippen LogP contribution in [0.1, 0.15) is 34.6 Å². The molecule has 0 fully saturated rings. The van der Waals surface area contributed by atoms with Crippen LogP contribution in [0.25, 0.3) is 0 Å². The molecule has 0 spiro atoms. The average molecular weight is 361 g/mol. The zero-order valence-corrected chi connectivity index (χ0v) is 15.6. The number of aromatic nitrogens is 2. The standard InChI is InChI=1S/C22H23N3O2/c1-15-19(22(27)24-16(2)23-15)12-13-21(26)25-20-11-7-6-10-18(20)14-17-8-4-3-5-9-17/h3-11H,12-14H2,1-2H3,(H,25,26)(H,23,24,27). The molecule has 2 aromatic carbocycles. The molecule has 2 N–H and O–H groups in total. The van der Waals surface area contributed by atoms with Gasteiger partial charge < -0.3 is 10.3 Å². The highest BCUT2D eigenvalue weighted by atomic mass is 16.1. The second-order valence-corrected chi connectivity index (χ2v) is 6.58. The second-order valence-electron chi connectivity index (χ2n) is 6.58. The fourth-order valence-corrected chi connectivity index (χ4v) is 3.11. The number of carbonyl (C=O) groups excluding carboxylic acids is 1. The van der Waals surface area contributed by atoms with Gasteiger partial charge in [0.15, 0.2) is 0 Å². The quantitative estimate of drug-likeness (QED) is 0.705. The van der Waals surface area contributed by atoms with Gasteiger partial charge in [0.2, 0.25) is 5.91 Å². The molecule has 27 heavy (non-hydrogen) atoms. The number of para-hydroxylation sites is 1. The minimum atomic E-state index is -0.169. The summed E-state index contributed by atoms with van der Waals surface area (Å²) in [5, 5.41) is 2.98. The van der Waals surface area contributed by atoms with E-state index < -0.39 is 0 Å². The molecule has 3 aromatic rings. The lowest BCUT2D eigenvalue weighted by molar-refractivity contribution is -0.116. The number of nitrogens with one attached hydrogen (secondary N) is 2. The zero-order valence-electron chi connectivity index (χ0n) is 15.6. The Morgan fingerprint density at radius 3 is 2.48 bits per heavy atom. The van der Waals surface area contributed by atoms with E-state index in [4.69, 9.17) is 0 Å². The molecule has 0 aliphatic heterocycles. The van der Waals surface area contributed by atoms with Crippen molar-refractivity contribution < 1.29 is 4.79 Å². The van der Waals surface area contributed by atoms with Crippen LogP contribution in [0.4, 0.5) is 5.69 Å². The number of hydrogen-bond acceptors (Lipinski definition) is 3. The molecule has 5 nitrogen and oxygen atoms in total. The number of benzene rings is 2. The van der Waals surface area contributed by atoms with Gasteiger partial charge in [-0.2, -0.15) is 0 Å². The van der Waals surface area contributed by atoms with E-state index in [9.17, 15) is 9.59 Å². The Labute approximate surface area is 158 Å². The van der Waals surface area contributed by atoms with Crippen molar-refractivity contribution in [3.05, 3.63) is 93.2 Å². The van der Waals surface area contributed by atoms with Gasteiger partial charge in [0.1, 0.15) is 5.82 Å². The van der Waals surface area contributed by atoms with Crippen LogP contribution in [-0.2, 0) is 17.6 Å². The van der Waals surface area contributed by atoms with Crippen molar-refractivity contribution in [2.24, 2.45) is 0 Å². The first-order chi connectivity index (χ1) is 13.0. The highest BCUT2D eigenvalue weighted by Gasteiger charge is 2.11. The molecular weight excluding hydrogens is 338 g/mol. The molecule has 0 saturated heterocycles. The van der Waals surface area contributed by atoms with Gasteiger partial charge in [0.05, 0.1) is 0 Å². The predicted octanol–water partition coefficient (Wildman–Crippen LogP) is 3.55. The maximum Gasteiger partial charge on any atom is 0.254 e. The van der Waals surface area contributed by atoms with Gasteiger partial charge in [-0.15, -0.1) is 0 Å². The molecule has 1 aromatic heterocycles. The third kappa shape index (κ3) is 4.91. The Bertz CT molecular complexity index is 994. The Kier molecular flexibility index (Phi) is 5.81. The van der Waals surface area contributed by atoms with E-state index >= 15 is 0 Å². The Morgan fingerprint density at radius 1 is 1.04 bits per heavy atom. The van der Waals surface area contributed by atoms with Crippen LogP contribution in [0.5, 0.6) is 0 Å². The van der Waals surface area contributed by atoms with E-state index in [2.05, 4.69) is 27.4 Å². The van der Waals surface area contributed by atoms with Gasteiger partial charge in [0.25, 0.3) is 5.56 Å². The van der Waals surface area contributed by atoms with Crippen molar-refractivity contribution in [2.45, 2.75) is 33.1 Å². The van der Waals surface area contributed by atoms with E-state index in [0.29, 0.717) is 23.5 Å². The molecule has 0 aliphatic rings. The number of aromatic amines is 1. The van der Waals surface area contributed by atoms with E-state index in [1.165, 1.54) is 5.56 Å². The number of hydrogen-bond donors (Lipinski definition) is 2. The highest BCUT2D eigenvalue weighted by molar-refractivity contribution is 5.91. The molecule has 0 unspecified atom stereocenters. The van der Waals surface area contributed by atoms with Crippen molar-refractivity contribution >= 4 is 11.6 Å². The van der Waals surface area contributed by atoms with Crippen molar-refractivity contribution in [3.63, 3.8) is 0 Å². The summed E-state index contributed by atoms with van der Waals surface area (Å²) in [6.45, 7) is 3.54. The smallest absolute Gasteiger partial charge is 0.254 e. The molecule has 1 amide bonds. The number of aryl methyl sites for hydroxylation is 2. The summed E-state index contributed by atoms with van der Waals surface area (Å²) < 4.78 is 0. The minimum Gasteiger partial charge on any atom is -0.326 e. The number of amides is 1. The van der Waals surface area contributed by atoms with Crippen LogP contribution in [0, 0.1) is 13.8 Å². The number of anilines is 1. The lowest BCUT2D eigenvalue weighted by Crippen LogP contribution is -2.20. The summed E-state index contributed by atoms with van der Waals surface area (Å²) in [6, 6.07) is 17.9. The van der Waals surface area contributed by atoms with Gasteiger partial charge in [-0.1, -0.05) is 48.5 Å². The van der Waals surface area contributed by atoms with Crippen LogP contribution in [0.3, 0.4) is 0 Å². The third-order valence-electron chi connectivity index (χ3n) is 4.47. The van der Waals surface area contributed by atoms with Crippen LogP contribution >= 0.6 is 0 Å². The number of nitrogens with zero attached hydrogens (tertiary/aromatic N) is 1. The maximum absolute atomic E-state index is 12.4. The lowest BCUT2D eigenvalue weighted by atomic mass is 10.0. The molecule has 0 atom stereocenters. The van der Waals surface area contributed by atoms with Crippen molar-refractivity contribution in [1.82, 2.24) is 9.97 Å². The van der Waals surface area contributed by atoms with Crippen LogP contribution < -0.4 is 10.9 Å². The van der Waals surface area contributed by atoms with Gasteiger partial charge in [-0.05, 0) is 43.9 Å². The maximum atomic E-state index is 12.4. The molecule has 3 rings (SSSR count). The van der Waals surface area contributed by atoms with Crippen LogP contribution in [-0.4, -0.2) is 15.9 Å². The minimum absolute atomic E-state index is 0.116. The summed E-state index contributed by atoms with van der Waals surface area (Å²) in [5.74, 6) is 0.468. The van der Waals surface area contributed by atoms with Gasteiger partial charge in [-0.3, -0.25) is 9.59 Å². The fourth-order valence-electron chi connectivity index (χ4n) is 3.11. The molecule has 0 aliphatic carbocycles. The first-order valence-electron chi connectivity index (χ1n) is 9.01. The topological polar surface area (TPSA) is 74.8 Å². The van der Waals surface area contributed by atoms with Crippen LogP contribution in [0.2, 0.25) is 0 Å². The van der Waals surface area contributed by atoms with Crippen molar-refractivity contribution in [1.29, 1.82) is 0 Å². The predicted molar refractivity (Wildman–Crippen MR) is 107 cm³/mol. The van der Waals surface area contributed by atoms with E-state index in [-0.39, 0.29) is 17.9 Å². The summed E-state index contributed by atoms with van der Waals surface area (Å²) in [6.07, 6.45) is 1.34. The molecule has 0 radical (unpaired) electrons. The summed E-state index contributed by atoms with van der Waals surface area (Å²) >= 11 is 0. The molecule has 0 bridgehead atoms. The molecule has 138 valence electrons. The van der Waals surface area contributed by atoms with Gasteiger partial charge in [-0.25, -0.2) is 4.98 Å². The molecular formula is C22H23N3O2. The highest BCUT2D eigenvalue weighted by Crippen LogP contribution is 2.19. The lowest BCUT2D eigenvalue weighted by Gasteiger charge is -2.11. The zero-order chi connectivity index (χ0) is 19.2. The fraction of sp³-hybridized carbons (Fsp3) is 0.227. The molecule has 5 heteroatoms. The SMILES string of the molecule is Cc1nc(C)c(CCC(=O)Nc2ccccc2Cc2ccccc2)c(=O)[nH]1. The van der Waals surface area contributed by atoms with E-state index in [1.807, 2.05) is 42.5 Å².